The third-order valence-electron chi connectivity index (χ3n) is 4.81. The molecule has 1 aliphatic rings. The number of aromatic nitrogens is 2. The zero-order valence-corrected chi connectivity index (χ0v) is 13.5. The maximum atomic E-state index is 12.6. The van der Waals surface area contributed by atoms with Gasteiger partial charge < -0.3 is 5.73 Å². The van der Waals surface area contributed by atoms with Gasteiger partial charge in [-0.2, -0.15) is 0 Å². The van der Waals surface area contributed by atoms with Crippen LogP contribution in [0.5, 0.6) is 0 Å². The molecule has 0 saturated heterocycles. The molecule has 1 heterocycles. The summed E-state index contributed by atoms with van der Waals surface area (Å²) in [6.07, 6.45) is 9.26. The van der Waals surface area contributed by atoms with E-state index in [1.54, 1.807) is 9.13 Å². The van der Waals surface area contributed by atoms with Crippen molar-refractivity contribution < 1.29 is 0 Å². The third-order valence-corrected chi connectivity index (χ3v) is 4.81. The van der Waals surface area contributed by atoms with Gasteiger partial charge in [-0.15, -0.1) is 0 Å². The molecule has 1 aliphatic carbocycles. The van der Waals surface area contributed by atoms with Crippen LogP contribution in [0.3, 0.4) is 0 Å². The van der Waals surface area contributed by atoms with Crippen LogP contribution in [0.25, 0.3) is 5.69 Å². The molecular formula is C18H25N3O. The Kier molecular flexibility index (Phi) is 3.96. The van der Waals surface area contributed by atoms with Crippen LogP contribution in [0, 0.1) is 0 Å². The average Bonchev–Trinajstić information content (AvgIpc) is 2.90. The minimum atomic E-state index is -0.311. The molecule has 0 radical (unpaired) electrons. The maximum absolute atomic E-state index is 12.6. The van der Waals surface area contributed by atoms with E-state index in [-0.39, 0.29) is 17.3 Å². The number of para-hydroxylation sites is 1. The molecule has 2 N–H and O–H groups in total. The largest absolute Gasteiger partial charge is 0.332 e. The van der Waals surface area contributed by atoms with Gasteiger partial charge in [0.15, 0.2) is 0 Å². The average molecular weight is 299 g/mol. The molecule has 22 heavy (non-hydrogen) atoms. The Morgan fingerprint density at radius 1 is 1.09 bits per heavy atom. The summed E-state index contributed by atoms with van der Waals surface area (Å²) in [7, 11) is 0. The van der Waals surface area contributed by atoms with E-state index in [0.717, 1.165) is 36.9 Å². The van der Waals surface area contributed by atoms with Crippen LogP contribution in [0.4, 0.5) is 0 Å². The van der Waals surface area contributed by atoms with Crippen LogP contribution >= 0.6 is 0 Å². The van der Waals surface area contributed by atoms with Crippen LogP contribution in [0.2, 0.25) is 0 Å². The summed E-state index contributed by atoms with van der Waals surface area (Å²) >= 11 is 0. The first kappa shape index (κ1) is 15.1. The minimum absolute atomic E-state index is 0.00172. The monoisotopic (exact) mass is 299 g/mol. The van der Waals surface area contributed by atoms with Gasteiger partial charge in [0, 0.05) is 24.0 Å². The number of hydrogen-bond acceptors (Lipinski definition) is 2. The Balaban J connectivity index is 2.11. The molecule has 118 valence electrons. The first-order chi connectivity index (χ1) is 10.5. The van der Waals surface area contributed by atoms with Crippen LogP contribution in [0.1, 0.15) is 57.6 Å². The fourth-order valence-corrected chi connectivity index (χ4v) is 3.52. The Labute approximate surface area is 131 Å². The first-order valence-electron chi connectivity index (χ1n) is 8.21. The summed E-state index contributed by atoms with van der Waals surface area (Å²) < 4.78 is 3.49. The molecule has 0 unspecified atom stereocenters. The predicted octanol–water partition coefficient (Wildman–Crippen LogP) is 3.34. The Hall–Kier alpha value is -1.81. The van der Waals surface area contributed by atoms with Gasteiger partial charge >= 0.3 is 5.69 Å². The lowest BCUT2D eigenvalue weighted by molar-refractivity contribution is 0.301. The lowest BCUT2D eigenvalue weighted by Crippen LogP contribution is -2.40. The molecule has 1 saturated carbocycles. The van der Waals surface area contributed by atoms with Crippen molar-refractivity contribution in [2.24, 2.45) is 5.73 Å². The molecular weight excluding hydrogens is 274 g/mol. The van der Waals surface area contributed by atoms with Crippen molar-refractivity contribution in [3.05, 3.63) is 52.7 Å². The van der Waals surface area contributed by atoms with Crippen LogP contribution in [0.15, 0.2) is 41.5 Å². The molecule has 0 atom stereocenters. The molecule has 4 heteroatoms. The first-order valence-corrected chi connectivity index (χ1v) is 8.21. The standard InChI is InChI=1S/C18H25N3O/c1-14(2)20-12-13-21(17(20)22)16-9-5-4-8-15(16)18(19)10-6-3-7-11-18/h4-5,8-9,12-14H,3,6-7,10-11,19H2,1-2H3. The van der Waals surface area contributed by atoms with Crippen molar-refractivity contribution >= 4 is 0 Å². The molecule has 1 fully saturated rings. The number of imidazole rings is 1. The number of benzene rings is 1. The molecule has 1 aromatic carbocycles. The summed E-state index contributed by atoms with van der Waals surface area (Å²) in [5.74, 6) is 0. The summed E-state index contributed by atoms with van der Waals surface area (Å²) in [5.41, 5.74) is 8.43. The summed E-state index contributed by atoms with van der Waals surface area (Å²) in [6, 6.07) is 8.24. The van der Waals surface area contributed by atoms with E-state index in [1.165, 1.54) is 6.42 Å². The fourth-order valence-electron chi connectivity index (χ4n) is 3.52. The number of nitrogens with zero attached hydrogens (tertiary/aromatic N) is 2. The summed E-state index contributed by atoms with van der Waals surface area (Å²) in [4.78, 5) is 12.6. The molecule has 0 spiro atoms. The second-order valence-corrected chi connectivity index (χ2v) is 6.69. The molecule has 1 aromatic heterocycles. The van der Waals surface area contributed by atoms with Gasteiger partial charge in [0.2, 0.25) is 0 Å². The van der Waals surface area contributed by atoms with Crippen molar-refractivity contribution in [2.75, 3.05) is 0 Å². The Morgan fingerprint density at radius 2 is 1.77 bits per heavy atom. The lowest BCUT2D eigenvalue weighted by Gasteiger charge is -2.35. The van der Waals surface area contributed by atoms with Gasteiger partial charge in [-0.3, -0.25) is 9.13 Å². The quantitative estimate of drug-likeness (QED) is 0.945. The molecule has 0 aliphatic heterocycles. The summed E-state index contributed by atoms with van der Waals surface area (Å²) in [5, 5.41) is 0. The Morgan fingerprint density at radius 3 is 2.41 bits per heavy atom. The van der Waals surface area contributed by atoms with Crippen molar-refractivity contribution in [3.63, 3.8) is 0 Å². The zero-order valence-electron chi connectivity index (χ0n) is 13.5. The topological polar surface area (TPSA) is 52.9 Å². The smallest absolute Gasteiger partial charge is 0.321 e. The van der Waals surface area contributed by atoms with Crippen molar-refractivity contribution in [1.82, 2.24) is 9.13 Å². The summed E-state index contributed by atoms with van der Waals surface area (Å²) in [6.45, 7) is 4.03. The highest BCUT2D eigenvalue weighted by atomic mass is 16.1. The van der Waals surface area contributed by atoms with Crippen LogP contribution in [-0.4, -0.2) is 9.13 Å². The van der Waals surface area contributed by atoms with E-state index in [4.69, 9.17) is 5.73 Å². The highest BCUT2D eigenvalue weighted by molar-refractivity contribution is 5.45. The highest BCUT2D eigenvalue weighted by Gasteiger charge is 2.32. The van der Waals surface area contributed by atoms with E-state index < -0.39 is 0 Å². The van der Waals surface area contributed by atoms with E-state index >= 15 is 0 Å². The lowest BCUT2D eigenvalue weighted by atomic mass is 9.77. The van der Waals surface area contributed by atoms with E-state index in [0.29, 0.717) is 0 Å². The normalized spacial score (nSPS) is 17.8. The van der Waals surface area contributed by atoms with Gasteiger partial charge in [-0.05, 0) is 38.3 Å². The van der Waals surface area contributed by atoms with E-state index in [1.807, 2.05) is 44.4 Å². The number of hydrogen-bond donors (Lipinski definition) is 1. The van der Waals surface area contributed by atoms with E-state index in [9.17, 15) is 4.79 Å². The Bertz CT molecular complexity index is 705. The molecule has 4 nitrogen and oxygen atoms in total. The van der Waals surface area contributed by atoms with Gasteiger partial charge in [0.25, 0.3) is 0 Å². The van der Waals surface area contributed by atoms with Crippen molar-refractivity contribution in [2.45, 2.75) is 57.5 Å². The highest BCUT2D eigenvalue weighted by Crippen LogP contribution is 2.37. The number of rotatable bonds is 3. The second-order valence-electron chi connectivity index (χ2n) is 6.69. The molecule has 0 amide bonds. The van der Waals surface area contributed by atoms with E-state index in [2.05, 4.69) is 6.07 Å². The minimum Gasteiger partial charge on any atom is -0.321 e. The zero-order chi connectivity index (χ0) is 15.7. The SMILES string of the molecule is CC(C)n1ccn(-c2ccccc2C2(N)CCCCC2)c1=O. The second kappa shape index (κ2) is 5.76. The number of nitrogens with two attached hydrogens (primary N) is 1. The van der Waals surface area contributed by atoms with Crippen molar-refractivity contribution in [3.8, 4) is 5.69 Å². The molecule has 3 rings (SSSR count). The van der Waals surface area contributed by atoms with Crippen molar-refractivity contribution in [1.29, 1.82) is 0 Å². The fraction of sp³-hybridized carbons (Fsp3) is 0.500. The predicted molar refractivity (Wildman–Crippen MR) is 89.4 cm³/mol. The van der Waals surface area contributed by atoms with Gasteiger partial charge in [-0.1, -0.05) is 37.5 Å². The van der Waals surface area contributed by atoms with Crippen LogP contribution < -0.4 is 11.4 Å². The van der Waals surface area contributed by atoms with Gasteiger partial charge in [0.1, 0.15) is 0 Å². The van der Waals surface area contributed by atoms with Gasteiger partial charge in [0.05, 0.1) is 5.69 Å². The molecule has 2 aromatic rings. The molecule has 0 bridgehead atoms. The maximum Gasteiger partial charge on any atom is 0.332 e. The van der Waals surface area contributed by atoms with Gasteiger partial charge in [-0.25, -0.2) is 4.79 Å². The van der Waals surface area contributed by atoms with Crippen LogP contribution in [-0.2, 0) is 5.54 Å². The third kappa shape index (κ3) is 2.52.